The Labute approximate surface area is 206 Å². The highest BCUT2D eigenvalue weighted by atomic mass is 35.5. The van der Waals surface area contributed by atoms with Crippen LogP contribution >= 0.6 is 11.6 Å². The highest BCUT2D eigenvalue weighted by Crippen LogP contribution is 2.29. The maximum absolute atomic E-state index is 10.5. The lowest BCUT2D eigenvalue weighted by atomic mass is 9.90. The molecule has 1 unspecified atom stereocenters. The average Bonchev–Trinajstić information content (AvgIpc) is 2.83. The van der Waals surface area contributed by atoms with Gasteiger partial charge in [-0.05, 0) is 79.3 Å². The number of benzene rings is 3. The average molecular weight is 472 g/mol. The van der Waals surface area contributed by atoms with Crippen molar-refractivity contribution in [3.8, 4) is 0 Å². The van der Waals surface area contributed by atoms with Crippen molar-refractivity contribution in [2.24, 2.45) is 0 Å². The lowest BCUT2D eigenvalue weighted by molar-refractivity contribution is 0.0760. The predicted octanol–water partition coefficient (Wildman–Crippen LogP) is 7.61. The second-order valence-electron chi connectivity index (χ2n) is 9.06. The van der Waals surface area contributed by atoms with Gasteiger partial charge in [-0.15, -0.1) is 0 Å². The highest BCUT2D eigenvalue weighted by molar-refractivity contribution is 6.31. The van der Waals surface area contributed by atoms with Gasteiger partial charge < -0.3 is 9.84 Å². The molecule has 0 radical (unpaired) electrons. The minimum Gasteiger partial charge on any atom is -0.386 e. The molecule has 1 atom stereocenters. The first-order chi connectivity index (χ1) is 16.3. The van der Waals surface area contributed by atoms with Gasteiger partial charge in [-0.3, -0.25) is 0 Å². The fourth-order valence-electron chi connectivity index (χ4n) is 4.29. The molecule has 4 aromatic rings. The van der Waals surface area contributed by atoms with E-state index in [0.29, 0.717) is 5.02 Å². The maximum Gasteiger partial charge on any atom is 0.0843 e. The summed E-state index contributed by atoms with van der Waals surface area (Å²) >= 11 is 6.12. The van der Waals surface area contributed by atoms with Crippen LogP contribution < -0.4 is 0 Å². The molecule has 4 heteroatoms. The molecule has 4 rings (SSSR count). The van der Waals surface area contributed by atoms with Crippen molar-refractivity contribution in [3.05, 3.63) is 112 Å². The molecule has 0 amide bonds. The minimum absolute atomic E-state index is 0.0378. The molecule has 0 bridgehead atoms. The fourth-order valence-corrected chi connectivity index (χ4v) is 4.45. The lowest BCUT2D eigenvalue weighted by Gasteiger charge is -2.23. The van der Waals surface area contributed by atoms with E-state index >= 15 is 0 Å². The monoisotopic (exact) mass is 471 g/mol. The summed E-state index contributed by atoms with van der Waals surface area (Å²) in [5.41, 5.74) is 5.22. The third-order valence-corrected chi connectivity index (χ3v) is 6.28. The fraction of sp³-hybridized carbons (Fsp3) is 0.233. The molecule has 0 spiro atoms. The van der Waals surface area contributed by atoms with Crippen molar-refractivity contribution >= 4 is 34.7 Å². The summed E-state index contributed by atoms with van der Waals surface area (Å²) in [5.74, 6) is 0. The number of aryl methyl sites for hydroxylation is 1. The van der Waals surface area contributed by atoms with Crippen LogP contribution in [-0.4, -0.2) is 17.2 Å². The third-order valence-electron chi connectivity index (χ3n) is 6.04. The van der Waals surface area contributed by atoms with Gasteiger partial charge in [0.15, 0.2) is 0 Å². The van der Waals surface area contributed by atoms with Gasteiger partial charge in [0.1, 0.15) is 0 Å². The Kier molecular flexibility index (Phi) is 7.47. The zero-order valence-electron chi connectivity index (χ0n) is 19.8. The molecular formula is C30H30ClNO2. The number of rotatable bonds is 8. The Morgan fingerprint density at radius 3 is 2.56 bits per heavy atom. The molecule has 0 aliphatic heterocycles. The van der Waals surface area contributed by atoms with Crippen LogP contribution in [0.3, 0.4) is 0 Å². The molecule has 0 saturated carbocycles. The molecule has 0 fully saturated rings. The lowest BCUT2D eigenvalue weighted by Crippen LogP contribution is -2.18. The van der Waals surface area contributed by atoms with E-state index in [4.69, 9.17) is 21.3 Å². The third kappa shape index (κ3) is 5.92. The van der Waals surface area contributed by atoms with Crippen molar-refractivity contribution in [2.75, 3.05) is 7.11 Å². The summed E-state index contributed by atoms with van der Waals surface area (Å²) < 4.78 is 5.85. The van der Waals surface area contributed by atoms with Gasteiger partial charge in [0.05, 0.1) is 22.9 Å². The largest absolute Gasteiger partial charge is 0.386 e. The van der Waals surface area contributed by atoms with Crippen molar-refractivity contribution in [2.45, 2.75) is 38.4 Å². The van der Waals surface area contributed by atoms with Crippen LogP contribution in [0.4, 0.5) is 0 Å². The van der Waals surface area contributed by atoms with Crippen molar-refractivity contribution in [1.29, 1.82) is 0 Å². The highest BCUT2D eigenvalue weighted by Gasteiger charge is 2.20. The molecule has 174 valence electrons. The van der Waals surface area contributed by atoms with Crippen molar-refractivity contribution in [1.82, 2.24) is 4.98 Å². The second kappa shape index (κ2) is 10.5. The number of ether oxygens (including phenoxy) is 1. The number of nitrogens with zero attached hydrogens (tertiary/aromatic N) is 1. The van der Waals surface area contributed by atoms with Crippen LogP contribution in [0.5, 0.6) is 0 Å². The van der Waals surface area contributed by atoms with E-state index in [9.17, 15) is 5.11 Å². The van der Waals surface area contributed by atoms with E-state index in [2.05, 4.69) is 42.5 Å². The molecular weight excluding hydrogens is 442 g/mol. The molecule has 0 aliphatic carbocycles. The van der Waals surface area contributed by atoms with Crippen LogP contribution in [0, 0.1) is 0 Å². The molecule has 0 saturated heterocycles. The summed E-state index contributed by atoms with van der Waals surface area (Å²) in [7, 11) is 1.75. The molecule has 1 aromatic heterocycles. The van der Waals surface area contributed by atoms with Crippen LogP contribution in [0.15, 0.2) is 78.9 Å². The van der Waals surface area contributed by atoms with Crippen LogP contribution in [-0.2, 0) is 16.8 Å². The van der Waals surface area contributed by atoms with Gasteiger partial charge in [-0.25, -0.2) is 4.98 Å². The van der Waals surface area contributed by atoms with E-state index in [1.54, 1.807) is 7.11 Å². The molecule has 3 aromatic carbocycles. The Morgan fingerprint density at radius 1 is 0.971 bits per heavy atom. The maximum atomic E-state index is 10.5. The van der Waals surface area contributed by atoms with Gasteiger partial charge >= 0.3 is 0 Å². The number of pyridine rings is 1. The van der Waals surface area contributed by atoms with E-state index < -0.39 is 5.60 Å². The second-order valence-corrected chi connectivity index (χ2v) is 9.49. The SMILES string of the molecule is COC(CCc1ccccc1C(C)(C)O)c1cccc(C=Cc2ccc3ccc(Cl)cc3n2)c1. The first-order valence-electron chi connectivity index (χ1n) is 11.5. The van der Waals surface area contributed by atoms with Gasteiger partial charge in [0.2, 0.25) is 0 Å². The van der Waals surface area contributed by atoms with E-state index in [0.717, 1.165) is 51.7 Å². The summed E-state index contributed by atoms with van der Waals surface area (Å²) in [5, 5.41) is 12.3. The zero-order chi connectivity index (χ0) is 24.1. The van der Waals surface area contributed by atoms with Crippen LogP contribution in [0.25, 0.3) is 23.1 Å². The molecule has 1 N–H and O–H groups in total. The van der Waals surface area contributed by atoms with Gasteiger partial charge in [-0.2, -0.15) is 0 Å². The predicted molar refractivity (Wildman–Crippen MR) is 142 cm³/mol. The first kappa shape index (κ1) is 24.2. The number of aliphatic hydroxyl groups is 1. The van der Waals surface area contributed by atoms with Gasteiger partial charge in [-0.1, -0.05) is 72.3 Å². The topological polar surface area (TPSA) is 42.4 Å². The number of aromatic nitrogens is 1. The Bertz CT molecular complexity index is 1310. The molecule has 1 heterocycles. The van der Waals surface area contributed by atoms with E-state index in [-0.39, 0.29) is 6.10 Å². The Morgan fingerprint density at radius 2 is 1.76 bits per heavy atom. The Hall–Kier alpha value is -2.98. The molecule has 0 aliphatic rings. The van der Waals surface area contributed by atoms with E-state index in [1.807, 2.05) is 62.4 Å². The number of hydrogen-bond donors (Lipinski definition) is 1. The zero-order valence-corrected chi connectivity index (χ0v) is 20.6. The van der Waals surface area contributed by atoms with Gasteiger partial charge in [0, 0.05) is 17.5 Å². The Balaban J connectivity index is 1.50. The van der Waals surface area contributed by atoms with Gasteiger partial charge in [0.25, 0.3) is 0 Å². The summed E-state index contributed by atoms with van der Waals surface area (Å²) in [6, 6.07) is 26.3. The number of hydrogen-bond acceptors (Lipinski definition) is 3. The number of methoxy groups -OCH3 is 1. The molecule has 34 heavy (non-hydrogen) atoms. The smallest absolute Gasteiger partial charge is 0.0843 e. The summed E-state index contributed by atoms with van der Waals surface area (Å²) in [4.78, 5) is 4.70. The molecule has 3 nitrogen and oxygen atoms in total. The number of fused-ring (bicyclic) bond motifs is 1. The van der Waals surface area contributed by atoms with Crippen LogP contribution in [0.2, 0.25) is 5.02 Å². The normalized spacial score (nSPS) is 13.0. The quantitative estimate of drug-likeness (QED) is 0.287. The van der Waals surface area contributed by atoms with Crippen molar-refractivity contribution < 1.29 is 9.84 Å². The van der Waals surface area contributed by atoms with E-state index in [1.165, 1.54) is 0 Å². The summed E-state index contributed by atoms with van der Waals surface area (Å²) in [6.45, 7) is 3.66. The number of halogens is 1. The van der Waals surface area contributed by atoms with Crippen LogP contribution in [0.1, 0.15) is 54.3 Å². The standard InChI is InChI=1S/C30H30ClNO2/c1-30(2,33)27-10-5-4-8-22(27)14-18-29(34-3)24-9-6-7-21(19-24)11-16-26-17-13-23-12-15-25(31)20-28(23)32-26/h4-13,15-17,19-20,29,33H,14,18H2,1-3H3. The first-order valence-corrected chi connectivity index (χ1v) is 11.9. The summed E-state index contributed by atoms with van der Waals surface area (Å²) in [6.07, 6.45) is 5.69. The van der Waals surface area contributed by atoms with Crippen molar-refractivity contribution in [3.63, 3.8) is 0 Å². The minimum atomic E-state index is -0.869.